The third-order valence-electron chi connectivity index (χ3n) is 1.75. The van der Waals surface area contributed by atoms with Gasteiger partial charge < -0.3 is 0 Å². The highest BCUT2D eigenvalue weighted by molar-refractivity contribution is 9.10. The maximum Gasteiger partial charge on any atom is 0.379 e. The summed E-state index contributed by atoms with van der Waals surface area (Å²) in [6.07, 6.45) is 0. The van der Waals surface area contributed by atoms with Crippen molar-refractivity contribution >= 4 is 41.4 Å². The van der Waals surface area contributed by atoms with Crippen molar-refractivity contribution in [2.45, 2.75) is 38.7 Å². The van der Waals surface area contributed by atoms with Gasteiger partial charge in [-0.15, -0.1) is 0 Å². The first-order valence-electron chi connectivity index (χ1n) is 5.67. The highest BCUT2D eigenvalue weighted by Crippen LogP contribution is 2.27. The van der Waals surface area contributed by atoms with Gasteiger partial charge in [-0.05, 0) is 45.5 Å². The van der Waals surface area contributed by atoms with E-state index in [1.54, 1.807) is 0 Å². The molecule has 0 unspecified atom stereocenters. The molecule has 118 valence electrons. The first-order valence-corrected chi connectivity index (χ1v) is 7.24. The Hall–Kier alpha value is 0.150. The van der Waals surface area contributed by atoms with Crippen molar-refractivity contribution in [3.05, 3.63) is 34.3 Å². The van der Waals surface area contributed by atoms with Crippen LogP contribution < -0.4 is 0 Å². The largest absolute Gasteiger partial charge is 0.379 e. The topological polar surface area (TPSA) is 3.24 Å². The first-order chi connectivity index (χ1) is 8.60. The van der Waals surface area contributed by atoms with Crippen LogP contribution in [0.1, 0.15) is 26.3 Å². The van der Waals surface area contributed by atoms with E-state index in [9.17, 15) is 13.2 Å². The summed E-state index contributed by atoms with van der Waals surface area (Å²) in [5.41, 5.74) is 1.34. The van der Waals surface area contributed by atoms with Crippen LogP contribution in [0, 0.1) is 0 Å². The van der Waals surface area contributed by atoms with Crippen molar-refractivity contribution in [1.82, 2.24) is 4.31 Å². The van der Waals surface area contributed by atoms with Gasteiger partial charge in [0.25, 0.3) is 0 Å². The summed E-state index contributed by atoms with van der Waals surface area (Å²) in [4.78, 5) is 0. The number of benzene rings is 1. The molecule has 1 rings (SSSR count). The molecule has 0 amide bonds. The second-order valence-electron chi connectivity index (χ2n) is 4.86. The summed E-state index contributed by atoms with van der Waals surface area (Å²) in [6, 6.07) is 8.49. The third-order valence-corrected chi connectivity index (χ3v) is 3.27. The zero-order chi connectivity index (χ0) is 15.1. The molecule has 0 aliphatic heterocycles. The summed E-state index contributed by atoms with van der Waals surface area (Å²) in [6.45, 7) is 4.01. The van der Waals surface area contributed by atoms with E-state index in [2.05, 4.69) is 72.3 Å². The van der Waals surface area contributed by atoms with Crippen LogP contribution in [0.2, 0.25) is 0 Å². The number of hydrogen-bond donors (Lipinski definition) is 0. The molecule has 0 aliphatic rings. The predicted molar refractivity (Wildman–Crippen MR) is 90.4 cm³/mol. The minimum absolute atomic E-state index is 0. The quantitative estimate of drug-likeness (QED) is 0.615. The maximum atomic E-state index is 9.67. The lowest BCUT2D eigenvalue weighted by Gasteiger charge is -2.25. The zero-order valence-electron chi connectivity index (χ0n) is 12.0. The monoisotopic (exact) mass is 391 g/mol. The molecular formula is C13H21BrF3NS2. The smallest absolute Gasteiger partial charge is 0.249 e. The lowest BCUT2D eigenvalue weighted by molar-refractivity contribution is 0.00819. The molecule has 1 nitrogen and oxygen atoms in total. The number of hydrogen-bond acceptors (Lipinski definition) is 2. The summed E-state index contributed by atoms with van der Waals surface area (Å²) in [5.74, 6) is 0. The second-order valence-corrected chi connectivity index (χ2v) is 7.81. The van der Waals surface area contributed by atoms with Crippen molar-refractivity contribution in [3.63, 3.8) is 0 Å². The molecule has 0 spiro atoms. The molecule has 0 aliphatic carbocycles. The van der Waals surface area contributed by atoms with Crippen LogP contribution in [0.4, 0.5) is 13.2 Å². The van der Waals surface area contributed by atoms with E-state index in [-0.39, 0.29) is 18.2 Å². The Morgan fingerprint density at radius 2 is 1.55 bits per heavy atom. The third kappa shape index (κ3) is 14.6. The Morgan fingerprint density at radius 1 is 1.15 bits per heavy atom. The summed E-state index contributed by atoms with van der Waals surface area (Å²) >= 11 is 5.32. The van der Waals surface area contributed by atoms with E-state index in [1.165, 1.54) is 5.56 Å². The normalized spacial score (nSPS) is 10.9. The van der Waals surface area contributed by atoms with E-state index in [0.29, 0.717) is 0 Å². The summed E-state index contributed by atoms with van der Waals surface area (Å²) in [5, 5.41) is 0. The minimum atomic E-state index is -3.67. The molecule has 0 heterocycles. The molecule has 20 heavy (non-hydrogen) atoms. The molecule has 0 saturated carbocycles. The second kappa shape index (κ2) is 10.8. The molecule has 7 heteroatoms. The van der Waals surface area contributed by atoms with Gasteiger partial charge in [-0.1, -0.05) is 40.0 Å². The van der Waals surface area contributed by atoms with Gasteiger partial charge >= 0.3 is 6.68 Å². The molecule has 1 aromatic carbocycles. The zero-order valence-corrected chi connectivity index (χ0v) is 15.4. The Morgan fingerprint density at radius 3 is 1.90 bits per heavy atom. The van der Waals surface area contributed by atoms with Gasteiger partial charge in [-0.2, -0.15) is 26.7 Å². The first kappa shape index (κ1) is 22.4. The van der Waals surface area contributed by atoms with Gasteiger partial charge in [-0.3, -0.25) is 0 Å². The van der Waals surface area contributed by atoms with Gasteiger partial charge in [0, 0.05) is 15.8 Å². The predicted octanol–water partition coefficient (Wildman–Crippen LogP) is 5.62. The molecule has 0 saturated heterocycles. The van der Waals surface area contributed by atoms with E-state index in [0.717, 1.165) is 11.0 Å². The van der Waals surface area contributed by atoms with Crippen LogP contribution in [0.5, 0.6) is 0 Å². The number of nitrogens with zero attached hydrogens (tertiary/aromatic N) is 1. The Balaban J connectivity index is 0. The Labute approximate surface area is 139 Å². The van der Waals surface area contributed by atoms with E-state index in [1.807, 2.05) is 11.9 Å². The van der Waals surface area contributed by atoms with Gasteiger partial charge in [-0.25, -0.2) is 4.31 Å². The summed E-state index contributed by atoms with van der Waals surface area (Å²) in [7, 11) is 2.14. The van der Waals surface area contributed by atoms with Crippen molar-refractivity contribution in [1.29, 1.82) is 0 Å². The van der Waals surface area contributed by atoms with Crippen LogP contribution >= 0.6 is 41.4 Å². The molecule has 1 aromatic rings. The standard InChI is InChI=1S/C12H18BrNS.CHF3.H2S/c1-12(2,3)15-14(4)9-10-5-7-11(13)8-6-10;2-1(3)4;/h5-8H,9H2,1-4H3;1H;1H2. The van der Waals surface area contributed by atoms with Gasteiger partial charge in [0.1, 0.15) is 0 Å². The lowest BCUT2D eigenvalue weighted by Crippen LogP contribution is -2.19. The minimum Gasteiger partial charge on any atom is -0.249 e. The molecule has 0 aromatic heterocycles. The van der Waals surface area contributed by atoms with Crippen LogP contribution in [-0.4, -0.2) is 22.8 Å². The van der Waals surface area contributed by atoms with Crippen molar-refractivity contribution < 1.29 is 13.2 Å². The van der Waals surface area contributed by atoms with Crippen molar-refractivity contribution in [2.24, 2.45) is 0 Å². The molecule has 0 N–H and O–H groups in total. The molecule has 0 fully saturated rings. The fourth-order valence-corrected chi connectivity index (χ4v) is 2.76. The van der Waals surface area contributed by atoms with Crippen molar-refractivity contribution in [3.8, 4) is 0 Å². The van der Waals surface area contributed by atoms with Crippen LogP contribution in [-0.2, 0) is 6.54 Å². The van der Waals surface area contributed by atoms with E-state index >= 15 is 0 Å². The van der Waals surface area contributed by atoms with E-state index in [4.69, 9.17) is 0 Å². The Kier molecular flexibility index (Phi) is 12.1. The average molecular weight is 392 g/mol. The van der Waals surface area contributed by atoms with Gasteiger partial charge in [0.05, 0.1) is 0 Å². The van der Waals surface area contributed by atoms with Gasteiger partial charge in [0.2, 0.25) is 0 Å². The fraction of sp³-hybridized carbons (Fsp3) is 0.538. The lowest BCUT2D eigenvalue weighted by atomic mass is 10.2. The molecule has 0 radical (unpaired) electrons. The van der Waals surface area contributed by atoms with Crippen LogP contribution in [0.25, 0.3) is 0 Å². The molecule has 0 bridgehead atoms. The maximum absolute atomic E-state index is 9.67. The molecule has 0 atom stereocenters. The number of alkyl halides is 3. The van der Waals surface area contributed by atoms with Crippen LogP contribution in [0.3, 0.4) is 0 Å². The van der Waals surface area contributed by atoms with Gasteiger partial charge in [0.15, 0.2) is 0 Å². The highest BCUT2D eigenvalue weighted by atomic mass is 79.9. The fourth-order valence-electron chi connectivity index (χ4n) is 1.35. The average Bonchev–Trinajstić information content (AvgIpc) is 2.17. The van der Waals surface area contributed by atoms with Crippen molar-refractivity contribution in [2.75, 3.05) is 7.05 Å². The number of halogens is 4. The highest BCUT2D eigenvalue weighted by Gasteiger charge is 2.14. The van der Waals surface area contributed by atoms with E-state index < -0.39 is 6.68 Å². The Bertz CT molecular complexity index is 353. The number of rotatable bonds is 3. The van der Waals surface area contributed by atoms with Crippen LogP contribution in [0.15, 0.2) is 28.7 Å². The molecular weight excluding hydrogens is 371 g/mol. The summed E-state index contributed by atoms with van der Waals surface area (Å²) < 4.78 is 32.7. The SMILES string of the molecule is CN(Cc1ccc(Br)cc1)SC(C)(C)C.FC(F)F.S.